The normalized spacial score (nSPS) is 18.8. The predicted octanol–water partition coefficient (Wildman–Crippen LogP) is 2.59. The molecule has 3 heterocycles. The van der Waals surface area contributed by atoms with Gasteiger partial charge in [-0.2, -0.15) is 4.31 Å². The average molecular weight is 416 g/mol. The van der Waals surface area contributed by atoms with E-state index in [0.717, 1.165) is 35.9 Å². The number of piperidine rings is 1. The topological polar surface area (TPSA) is 69.6 Å². The fourth-order valence-electron chi connectivity index (χ4n) is 3.99. The Hall–Kier alpha value is -2.19. The summed E-state index contributed by atoms with van der Waals surface area (Å²) in [7, 11) is -3.47. The van der Waals surface area contributed by atoms with Crippen molar-refractivity contribution in [3.05, 3.63) is 41.7 Å². The Morgan fingerprint density at radius 2 is 1.38 bits per heavy atom. The number of anilines is 2. The van der Waals surface area contributed by atoms with Gasteiger partial charge in [0.05, 0.1) is 4.90 Å². The molecule has 0 unspecified atom stereocenters. The molecule has 156 valence electrons. The van der Waals surface area contributed by atoms with Crippen molar-refractivity contribution in [2.24, 2.45) is 0 Å². The molecule has 4 rings (SSSR count). The number of aryl methyl sites for hydroxylation is 2. The molecule has 0 amide bonds. The van der Waals surface area contributed by atoms with Crippen LogP contribution in [0.5, 0.6) is 0 Å². The van der Waals surface area contributed by atoms with Crippen LogP contribution in [0.1, 0.15) is 30.4 Å². The van der Waals surface area contributed by atoms with E-state index in [-0.39, 0.29) is 0 Å². The lowest BCUT2D eigenvalue weighted by Crippen LogP contribution is -2.49. The highest BCUT2D eigenvalue weighted by atomic mass is 32.2. The summed E-state index contributed by atoms with van der Waals surface area (Å²) in [6.07, 6.45) is 5.31. The maximum Gasteiger partial charge on any atom is 0.243 e. The van der Waals surface area contributed by atoms with Crippen LogP contribution < -0.4 is 9.80 Å². The minimum atomic E-state index is -3.47. The lowest BCUT2D eigenvalue weighted by Gasteiger charge is -2.35. The number of aromatic nitrogens is 2. The summed E-state index contributed by atoms with van der Waals surface area (Å²) in [6, 6.07) is 7.39. The quantitative estimate of drug-likeness (QED) is 0.765. The number of sulfonamides is 1. The van der Waals surface area contributed by atoms with E-state index in [1.807, 2.05) is 26.0 Å². The van der Waals surface area contributed by atoms with Crippen molar-refractivity contribution in [3.8, 4) is 0 Å². The summed E-state index contributed by atoms with van der Waals surface area (Å²) < 4.78 is 27.6. The van der Waals surface area contributed by atoms with Gasteiger partial charge in [0, 0.05) is 45.3 Å². The van der Waals surface area contributed by atoms with Gasteiger partial charge in [-0.25, -0.2) is 18.4 Å². The summed E-state index contributed by atoms with van der Waals surface area (Å²) >= 11 is 0. The highest BCUT2D eigenvalue weighted by molar-refractivity contribution is 7.89. The molecule has 2 saturated heterocycles. The first-order valence-electron chi connectivity index (χ1n) is 10.3. The van der Waals surface area contributed by atoms with Gasteiger partial charge in [-0.15, -0.1) is 0 Å². The molecule has 0 saturated carbocycles. The molecule has 1 aromatic heterocycles. The van der Waals surface area contributed by atoms with Gasteiger partial charge >= 0.3 is 0 Å². The van der Waals surface area contributed by atoms with E-state index < -0.39 is 10.0 Å². The van der Waals surface area contributed by atoms with E-state index in [4.69, 9.17) is 0 Å². The zero-order valence-corrected chi connectivity index (χ0v) is 18.0. The Bertz CT molecular complexity index is 965. The van der Waals surface area contributed by atoms with E-state index in [1.54, 1.807) is 22.8 Å². The molecule has 0 N–H and O–H groups in total. The maximum atomic E-state index is 13.0. The highest BCUT2D eigenvalue weighted by Crippen LogP contribution is 2.24. The first kappa shape index (κ1) is 20.1. The van der Waals surface area contributed by atoms with Crippen LogP contribution in [0.25, 0.3) is 0 Å². The van der Waals surface area contributed by atoms with Crippen LogP contribution >= 0.6 is 0 Å². The molecule has 2 fully saturated rings. The van der Waals surface area contributed by atoms with Crippen molar-refractivity contribution < 1.29 is 8.42 Å². The number of rotatable bonds is 4. The highest BCUT2D eigenvalue weighted by Gasteiger charge is 2.29. The Morgan fingerprint density at radius 3 is 2.00 bits per heavy atom. The molecular weight excluding hydrogens is 386 g/mol. The van der Waals surface area contributed by atoms with Crippen LogP contribution in [-0.4, -0.2) is 62.0 Å². The van der Waals surface area contributed by atoms with Gasteiger partial charge < -0.3 is 9.80 Å². The minimum absolute atomic E-state index is 0.378. The second kappa shape index (κ2) is 8.28. The summed E-state index contributed by atoms with van der Waals surface area (Å²) in [6.45, 7) is 8.18. The van der Waals surface area contributed by atoms with Crippen molar-refractivity contribution in [2.45, 2.75) is 38.0 Å². The predicted molar refractivity (Wildman–Crippen MR) is 115 cm³/mol. The van der Waals surface area contributed by atoms with Crippen LogP contribution in [-0.2, 0) is 10.0 Å². The zero-order chi connectivity index (χ0) is 20.4. The average Bonchev–Trinajstić information content (AvgIpc) is 2.76. The smallest absolute Gasteiger partial charge is 0.243 e. The van der Waals surface area contributed by atoms with Crippen LogP contribution in [0.3, 0.4) is 0 Å². The summed E-state index contributed by atoms with van der Waals surface area (Å²) in [5, 5.41) is 0. The van der Waals surface area contributed by atoms with E-state index in [1.165, 1.54) is 19.3 Å². The molecule has 0 bridgehead atoms. The third kappa shape index (κ3) is 4.23. The Labute approximate surface area is 173 Å². The van der Waals surface area contributed by atoms with Crippen LogP contribution in [0.4, 0.5) is 11.6 Å². The van der Waals surface area contributed by atoms with Crippen molar-refractivity contribution in [2.75, 3.05) is 49.1 Å². The molecule has 0 aliphatic carbocycles. The summed E-state index contributed by atoms with van der Waals surface area (Å²) in [5.41, 5.74) is 2.10. The van der Waals surface area contributed by atoms with Gasteiger partial charge in [-0.3, -0.25) is 0 Å². The number of nitrogens with zero attached hydrogens (tertiary/aromatic N) is 5. The Balaban J connectivity index is 1.44. The number of benzene rings is 1. The summed E-state index contributed by atoms with van der Waals surface area (Å²) in [5.74, 6) is 1.85. The summed E-state index contributed by atoms with van der Waals surface area (Å²) in [4.78, 5) is 13.7. The molecule has 2 aliphatic rings. The van der Waals surface area contributed by atoms with Crippen LogP contribution in [0, 0.1) is 13.8 Å². The number of hydrogen-bond acceptors (Lipinski definition) is 6. The third-order valence-electron chi connectivity index (χ3n) is 6.00. The lowest BCUT2D eigenvalue weighted by molar-refractivity contribution is 0.383. The van der Waals surface area contributed by atoms with Crippen molar-refractivity contribution in [3.63, 3.8) is 0 Å². The van der Waals surface area contributed by atoms with Gasteiger partial charge in [0.15, 0.2) is 0 Å². The second-order valence-corrected chi connectivity index (χ2v) is 9.86. The van der Waals surface area contributed by atoms with Crippen molar-refractivity contribution in [1.82, 2.24) is 14.3 Å². The maximum absolute atomic E-state index is 13.0. The first-order chi connectivity index (χ1) is 13.9. The van der Waals surface area contributed by atoms with Crippen LogP contribution in [0.15, 0.2) is 35.5 Å². The number of hydrogen-bond donors (Lipinski definition) is 0. The Morgan fingerprint density at radius 1 is 0.759 bits per heavy atom. The largest absolute Gasteiger partial charge is 0.356 e. The minimum Gasteiger partial charge on any atom is -0.356 e. The molecule has 8 heteroatoms. The molecule has 1 aromatic carbocycles. The fourth-order valence-corrected chi connectivity index (χ4v) is 5.49. The second-order valence-electron chi connectivity index (χ2n) is 7.92. The van der Waals surface area contributed by atoms with Crippen molar-refractivity contribution in [1.29, 1.82) is 0 Å². The molecule has 2 aliphatic heterocycles. The molecular formula is C21H29N5O2S. The van der Waals surface area contributed by atoms with Gasteiger partial charge in [0.2, 0.25) is 10.0 Å². The van der Waals surface area contributed by atoms with Gasteiger partial charge in [-0.05, 0) is 56.4 Å². The zero-order valence-electron chi connectivity index (χ0n) is 17.2. The van der Waals surface area contributed by atoms with Gasteiger partial charge in [-0.1, -0.05) is 6.07 Å². The standard InChI is InChI=1S/C21H29N5O2S/c1-17-6-7-19(14-18(17)2)29(27,28)26-12-10-25(11-13-26)21-15-20(22-16-23-21)24-8-4-3-5-9-24/h6-7,14-16H,3-5,8-13H2,1-2H3. The molecule has 0 atom stereocenters. The molecule has 7 nitrogen and oxygen atoms in total. The first-order valence-corrected chi connectivity index (χ1v) is 11.8. The van der Waals surface area contributed by atoms with E-state index in [9.17, 15) is 8.42 Å². The van der Waals surface area contributed by atoms with Crippen LogP contribution in [0.2, 0.25) is 0 Å². The van der Waals surface area contributed by atoms with Gasteiger partial charge in [0.1, 0.15) is 18.0 Å². The fraction of sp³-hybridized carbons (Fsp3) is 0.524. The van der Waals surface area contributed by atoms with Gasteiger partial charge in [0.25, 0.3) is 0 Å². The third-order valence-corrected chi connectivity index (χ3v) is 7.89. The number of piperazine rings is 1. The molecule has 0 radical (unpaired) electrons. The molecule has 0 spiro atoms. The monoisotopic (exact) mass is 415 g/mol. The SMILES string of the molecule is Cc1ccc(S(=O)(=O)N2CCN(c3cc(N4CCCCC4)ncn3)CC2)cc1C. The lowest BCUT2D eigenvalue weighted by atomic mass is 10.1. The van der Waals surface area contributed by atoms with E-state index >= 15 is 0 Å². The molecule has 29 heavy (non-hydrogen) atoms. The van der Waals surface area contributed by atoms with Crippen molar-refractivity contribution >= 4 is 21.7 Å². The van der Waals surface area contributed by atoms with E-state index in [2.05, 4.69) is 19.8 Å². The van der Waals surface area contributed by atoms with E-state index in [0.29, 0.717) is 31.1 Å². The molecule has 2 aromatic rings. The Kier molecular flexibility index (Phi) is 5.74.